The molecule has 4 nitrogen and oxygen atoms in total. The molecular formula is C15H23NO3. The summed E-state index contributed by atoms with van der Waals surface area (Å²) in [5.41, 5.74) is 2.10. The number of rotatable bonds is 6. The molecule has 0 aliphatic rings. The van der Waals surface area contributed by atoms with E-state index in [4.69, 9.17) is 9.47 Å². The van der Waals surface area contributed by atoms with E-state index in [1.807, 2.05) is 24.1 Å². The second-order valence-corrected chi connectivity index (χ2v) is 4.75. The van der Waals surface area contributed by atoms with Gasteiger partial charge in [-0.15, -0.1) is 0 Å². The van der Waals surface area contributed by atoms with Gasteiger partial charge in [0.2, 0.25) is 0 Å². The number of carbonyl (C=O) groups is 1. The first-order valence-corrected chi connectivity index (χ1v) is 6.54. The van der Waals surface area contributed by atoms with Gasteiger partial charge in [0.1, 0.15) is 12.3 Å². The average molecular weight is 265 g/mol. The molecule has 0 unspecified atom stereocenters. The average Bonchev–Trinajstić information content (AvgIpc) is 2.37. The van der Waals surface area contributed by atoms with Crippen LogP contribution in [0, 0.1) is 0 Å². The Morgan fingerprint density at radius 3 is 2.58 bits per heavy atom. The van der Waals surface area contributed by atoms with Crippen LogP contribution in [-0.2, 0) is 9.53 Å². The lowest BCUT2D eigenvalue weighted by molar-refractivity contribution is -0.141. The van der Waals surface area contributed by atoms with E-state index in [2.05, 4.69) is 19.9 Å². The van der Waals surface area contributed by atoms with Crippen molar-refractivity contribution in [2.24, 2.45) is 0 Å². The van der Waals surface area contributed by atoms with Crippen molar-refractivity contribution in [2.45, 2.75) is 26.7 Å². The molecule has 0 heterocycles. The lowest BCUT2D eigenvalue weighted by Gasteiger charge is -2.21. The van der Waals surface area contributed by atoms with Crippen LogP contribution in [0.25, 0.3) is 0 Å². The first-order chi connectivity index (χ1) is 8.99. The van der Waals surface area contributed by atoms with E-state index in [-0.39, 0.29) is 12.5 Å². The van der Waals surface area contributed by atoms with Gasteiger partial charge in [-0.2, -0.15) is 0 Å². The molecule has 0 fully saturated rings. The van der Waals surface area contributed by atoms with Crippen LogP contribution in [0.5, 0.6) is 5.75 Å². The van der Waals surface area contributed by atoms with E-state index < -0.39 is 0 Å². The van der Waals surface area contributed by atoms with Gasteiger partial charge in [-0.25, -0.2) is 0 Å². The highest BCUT2D eigenvalue weighted by Gasteiger charge is 2.13. The summed E-state index contributed by atoms with van der Waals surface area (Å²) < 4.78 is 10.4. The van der Waals surface area contributed by atoms with Gasteiger partial charge in [0, 0.05) is 7.05 Å². The third-order valence-electron chi connectivity index (χ3n) is 2.95. The van der Waals surface area contributed by atoms with Gasteiger partial charge in [-0.05, 0) is 30.5 Å². The van der Waals surface area contributed by atoms with Crippen LogP contribution in [0.1, 0.15) is 32.3 Å². The van der Waals surface area contributed by atoms with Crippen molar-refractivity contribution in [3.63, 3.8) is 0 Å². The minimum Gasteiger partial charge on any atom is -0.495 e. The predicted octanol–water partition coefficient (Wildman–Crippen LogP) is 2.82. The zero-order valence-electron chi connectivity index (χ0n) is 12.4. The van der Waals surface area contributed by atoms with Crippen molar-refractivity contribution in [1.29, 1.82) is 0 Å². The highest BCUT2D eigenvalue weighted by molar-refractivity contribution is 5.76. The van der Waals surface area contributed by atoms with Gasteiger partial charge >= 0.3 is 5.97 Å². The second-order valence-electron chi connectivity index (χ2n) is 4.75. The summed E-state index contributed by atoms with van der Waals surface area (Å²) in [7, 11) is 3.49. The Balaban J connectivity index is 2.90. The molecule has 0 bridgehead atoms. The summed E-state index contributed by atoms with van der Waals surface area (Å²) in [5.74, 6) is 0.983. The molecule has 19 heavy (non-hydrogen) atoms. The fourth-order valence-corrected chi connectivity index (χ4v) is 1.85. The lowest BCUT2D eigenvalue weighted by Crippen LogP contribution is -2.27. The number of likely N-dealkylation sites (N-methyl/N-ethyl adjacent to an activating group) is 1. The van der Waals surface area contributed by atoms with Crippen molar-refractivity contribution in [2.75, 3.05) is 32.2 Å². The number of hydrogen-bond acceptors (Lipinski definition) is 4. The molecule has 0 atom stereocenters. The summed E-state index contributed by atoms with van der Waals surface area (Å²) in [6.45, 7) is 6.69. The van der Waals surface area contributed by atoms with Crippen LogP contribution in [0.3, 0.4) is 0 Å². The summed E-state index contributed by atoms with van der Waals surface area (Å²) in [6.07, 6.45) is 0. The summed E-state index contributed by atoms with van der Waals surface area (Å²) in [6, 6.07) is 6.05. The van der Waals surface area contributed by atoms with Gasteiger partial charge in [-0.3, -0.25) is 4.79 Å². The molecule has 0 spiro atoms. The normalized spacial score (nSPS) is 10.4. The van der Waals surface area contributed by atoms with Gasteiger partial charge in [0.25, 0.3) is 0 Å². The first kappa shape index (κ1) is 15.3. The number of carbonyl (C=O) groups excluding carboxylic acids is 1. The fraction of sp³-hybridized carbons (Fsp3) is 0.533. The van der Waals surface area contributed by atoms with Crippen molar-refractivity contribution in [3.05, 3.63) is 23.8 Å². The largest absolute Gasteiger partial charge is 0.495 e. The summed E-state index contributed by atoms with van der Waals surface area (Å²) in [5, 5.41) is 0. The van der Waals surface area contributed by atoms with Gasteiger partial charge < -0.3 is 14.4 Å². The van der Waals surface area contributed by atoms with Gasteiger partial charge in [-0.1, -0.05) is 19.9 Å². The Hall–Kier alpha value is -1.71. The highest BCUT2D eigenvalue weighted by atomic mass is 16.5. The Morgan fingerprint density at radius 2 is 2.05 bits per heavy atom. The Morgan fingerprint density at radius 1 is 1.37 bits per heavy atom. The first-order valence-electron chi connectivity index (χ1n) is 6.54. The molecule has 4 heteroatoms. The van der Waals surface area contributed by atoms with Crippen molar-refractivity contribution in [1.82, 2.24) is 0 Å². The molecule has 0 saturated carbocycles. The summed E-state index contributed by atoms with van der Waals surface area (Å²) >= 11 is 0. The van der Waals surface area contributed by atoms with Crippen LogP contribution < -0.4 is 9.64 Å². The van der Waals surface area contributed by atoms with Gasteiger partial charge in [0.05, 0.1) is 19.4 Å². The maximum Gasteiger partial charge on any atom is 0.325 e. The highest BCUT2D eigenvalue weighted by Crippen LogP contribution is 2.31. The molecule has 0 aliphatic heterocycles. The number of nitrogens with zero attached hydrogens (tertiary/aromatic N) is 1. The van der Waals surface area contributed by atoms with Crippen molar-refractivity contribution >= 4 is 11.7 Å². The molecule has 106 valence electrons. The number of benzene rings is 1. The lowest BCUT2D eigenvalue weighted by atomic mass is 10.0. The number of esters is 1. The van der Waals surface area contributed by atoms with E-state index in [1.54, 1.807) is 14.0 Å². The molecule has 0 aromatic heterocycles. The molecule has 0 radical (unpaired) electrons. The molecule has 1 aromatic carbocycles. The Kier molecular flexibility index (Phi) is 5.67. The maximum absolute atomic E-state index is 11.5. The minimum absolute atomic E-state index is 0.214. The van der Waals surface area contributed by atoms with Gasteiger partial charge in [0.15, 0.2) is 0 Å². The van der Waals surface area contributed by atoms with Crippen LogP contribution in [0.2, 0.25) is 0 Å². The van der Waals surface area contributed by atoms with Crippen LogP contribution in [0.15, 0.2) is 18.2 Å². The Labute approximate surface area is 115 Å². The quantitative estimate of drug-likeness (QED) is 0.741. The molecule has 0 aliphatic carbocycles. The SMILES string of the molecule is CCOC(=O)CN(C)c1ccc(C(C)C)cc1OC. The van der Waals surface area contributed by atoms with Crippen LogP contribution in [-0.4, -0.2) is 33.3 Å². The monoisotopic (exact) mass is 265 g/mol. The van der Waals surface area contributed by atoms with Crippen molar-refractivity contribution < 1.29 is 14.3 Å². The zero-order chi connectivity index (χ0) is 14.4. The maximum atomic E-state index is 11.5. The van der Waals surface area contributed by atoms with E-state index in [9.17, 15) is 4.79 Å². The Bertz CT molecular complexity index is 429. The smallest absolute Gasteiger partial charge is 0.325 e. The number of methoxy groups -OCH3 is 1. The second kappa shape index (κ2) is 7.02. The standard InChI is InChI=1S/C15H23NO3/c1-6-19-15(17)10-16(4)13-8-7-12(11(2)3)9-14(13)18-5/h7-9,11H,6,10H2,1-5H3. The zero-order valence-corrected chi connectivity index (χ0v) is 12.4. The minimum atomic E-state index is -0.236. The van der Waals surface area contributed by atoms with Crippen LogP contribution >= 0.6 is 0 Å². The number of ether oxygens (including phenoxy) is 2. The number of hydrogen-bond donors (Lipinski definition) is 0. The molecule has 0 amide bonds. The van der Waals surface area contributed by atoms with E-state index in [1.165, 1.54) is 5.56 Å². The third-order valence-corrected chi connectivity index (χ3v) is 2.95. The molecule has 0 saturated heterocycles. The molecule has 1 aromatic rings. The van der Waals surface area contributed by atoms with Crippen LogP contribution in [0.4, 0.5) is 5.69 Å². The van der Waals surface area contributed by atoms with Crippen molar-refractivity contribution in [3.8, 4) is 5.75 Å². The molecule has 1 rings (SSSR count). The third kappa shape index (κ3) is 4.16. The van der Waals surface area contributed by atoms with E-state index in [0.717, 1.165) is 11.4 Å². The topological polar surface area (TPSA) is 38.8 Å². The fourth-order valence-electron chi connectivity index (χ4n) is 1.85. The molecule has 0 N–H and O–H groups in total. The summed E-state index contributed by atoms with van der Waals surface area (Å²) in [4.78, 5) is 13.3. The predicted molar refractivity (Wildman–Crippen MR) is 77.0 cm³/mol. The molecular weight excluding hydrogens is 242 g/mol. The number of anilines is 1. The van der Waals surface area contributed by atoms with E-state index in [0.29, 0.717) is 12.5 Å². The van der Waals surface area contributed by atoms with E-state index >= 15 is 0 Å².